The van der Waals surface area contributed by atoms with Gasteiger partial charge in [0.15, 0.2) is 0 Å². The second-order valence-electron chi connectivity index (χ2n) is 6.24. The van der Waals surface area contributed by atoms with Crippen molar-refractivity contribution in [2.75, 3.05) is 19.7 Å². The van der Waals surface area contributed by atoms with Crippen LogP contribution in [-0.2, 0) is 6.54 Å². The third-order valence-electron chi connectivity index (χ3n) is 4.83. The summed E-state index contributed by atoms with van der Waals surface area (Å²) in [7, 11) is 0. The summed E-state index contributed by atoms with van der Waals surface area (Å²) in [6.07, 6.45) is 5.13. The Labute approximate surface area is 110 Å². The summed E-state index contributed by atoms with van der Waals surface area (Å²) in [6.45, 7) is 3.94. The Morgan fingerprint density at radius 3 is 2.78 bits per heavy atom. The minimum atomic E-state index is 0.389. The predicted molar refractivity (Wildman–Crippen MR) is 73.2 cm³/mol. The largest absolute Gasteiger partial charge is 0.396 e. The minimum Gasteiger partial charge on any atom is -0.396 e. The maximum atomic E-state index is 9.30. The molecule has 1 saturated carbocycles. The minimum absolute atomic E-state index is 0.389. The van der Waals surface area contributed by atoms with E-state index >= 15 is 0 Å². The highest BCUT2D eigenvalue weighted by Crippen LogP contribution is 2.48. The summed E-state index contributed by atoms with van der Waals surface area (Å²) in [5.41, 5.74) is 1.95. The number of hydrogen-bond acceptors (Lipinski definition) is 2. The summed E-state index contributed by atoms with van der Waals surface area (Å²) < 4.78 is 0. The van der Waals surface area contributed by atoms with Crippen LogP contribution in [0.15, 0.2) is 30.3 Å². The Bertz CT molecular complexity index is 391. The third-order valence-corrected chi connectivity index (χ3v) is 4.83. The van der Waals surface area contributed by atoms with Gasteiger partial charge in [-0.2, -0.15) is 0 Å². The van der Waals surface area contributed by atoms with Crippen molar-refractivity contribution in [2.24, 2.45) is 11.3 Å². The Balaban J connectivity index is 1.59. The third kappa shape index (κ3) is 2.45. The molecule has 0 radical (unpaired) electrons. The van der Waals surface area contributed by atoms with Crippen molar-refractivity contribution >= 4 is 0 Å². The predicted octanol–water partition coefficient (Wildman–Crippen LogP) is 2.67. The lowest BCUT2D eigenvalue weighted by atomic mass is 9.84. The first-order valence-electron chi connectivity index (χ1n) is 7.17. The van der Waals surface area contributed by atoms with Gasteiger partial charge in [-0.05, 0) is 49.1 Å². The molecule has 0 unspecified atom stereocenters. The molecule has 2 aliphatic rings. The molecule has 3 rings (SSSR count). The van der Waals surface area contributed by atoms with E-state index in [4.69, 9.17) is 0 Å². The highest BCUT2D eigenvalue weighted by Gasteiger charge is 2.43. The first-order chi connectivity index (χ1) is 8.80. The zero-order valence-electron chi connectivity index (χ0n) is 11.0. The molecule has 1 N–H and O–H groups in total. The topological polar surface area (TPSA) is 23.5 Å². The number of nitrogens with zero attached hydrogens (tertiary/aromatic N) is 1. The van der Waals surface area contributed by atoms with Crippen molar-refractivity contribution in [3.63, 3.8) is 0 Å². The molecule has 2 atom stereocenters. The van der Waals surface area contributed by atoms with Crippen LogP contribution >= 0.6 is 0 Å². The van der Waals surface area contributed by atoms with Crippen molar-refractivity contribution in [1.29, 1.82) is 0 Å². The standard InChI is InChI=1S/C16H23NO/c18-12-15-6-7-16(10-15)8-9-17(13-16)11-14-4-2-1-3-5-14/h1-5,15,18H,6-13H2/t15-,16+/m0/s1. The van der Waals surface area contributed by atoms with Crippen molar-refractivity contribution in [3.05, 3.63) is 35.9 Å². The zero-order valence-corrected chi connectivity index (χ0v) is 11.0. The summed E-state index contributed by atoms with van der Waals surface area (Å²) in [5, 5.41) is 9.30. The van der Waals surface area contributed by atoms with Crippen LogP contribution in [0, 0.1) is 11.3 Å². The van der Waals surface area contributed by atoms with Crippen molar-refractivity contribution in [1.82, 2.24) is 4.90 Å². The van der Waals surface area contributed by atoms with Gasteiger partial charge in [-0.25, -0.2) is 0 Å². The van der Waals surface area contributed by atoms with Crippen LogP contribution in [-0.4, -0.2) is 29.7 Å². The zero-order chi connectivity index (χ0) is 12.4. The quantitative estimate of drug-likeness (QED) is 0.885. The summed E-state index contributed by atoms with van der Waals surface area (Å²) in [4.78, 5) is 2.59. The summed E-state index contributed by atoms with van der Waals surface area (Å²) in [5.74, 6) is 0.571. The molecule has 98 valence electrons. The van der Waals surface area contributed by atoms with Gasteiger partial charge in [0.05, 0.1) is 0 Å². The summed E-state index contributed by atoms with van der Waals surface area (Å²) >= 11 is 0. The van der Waals surface area contributed by atoms with Crippen LogP contribution in [0.3, 0.4) is 0 Å². The summed E-state index contributed by atoms with van der Waals surface area (Å²) in [6, 6.07) is 10.8. The Morgan fingerprint density at radius 2 is 2.06 bits per heavy atom. The number of rotatable bonds is 3. The first-order valence-corrected chi connectivity index (χ1v) is 7.17. The van der Waals surface area contributed by atoms with Gasteiger partial charge >= 0.3 is 0 Å². The fraction of sp³-hybridized carbons (Fsp3) is 0.625. The lowest BCUT2D eigenvalue weighted by Crippen LogP contribution is -2.25. The van der Waals surface area contributed by atoms with Crippen molar-refractivity contribution in [2.45, 2.75) is 32.2 Å². The SMILES string of the molecule is OC[C@H]1CC[C@@]2(CCN(Cc3ccccc3)C2)C1. The van der Waals surface area contributed by atoms with Gasteiger partial charge in [-0.15, -0.1) is 0 Å². The van der Waals surface area contributed by atoms with Gasteiger partial charge in [-0.1, -0.05) is 30.3 Å². The number of benzene rings is 1. The highest BCUT2D eigenvalue weighted by molar-refractivity contribution is 5.15. The molecule has 2 heteroatoms. The second kappa shape index (κ2) is 5.02. The van der Waals surface area contributed by atoms with Crippen LogP contribution in [0.25, 0.3) is 0 Å². The van der Waals surface area contributed by atoms with Gasteiger partial charge in [0.2, 0.25) is 0 Å². The van der Waals surface area contributed by atoms with E-state index < -0.39 is 0 Å². The fourth-order valence-corrected chi connectivity index (χ4v) is 3.86. The molecule has 0 bridgehead atoms. The van der Waals surface area contributed by atoms with Gasteiger partial charge in [0, 0.05) is 19.7 Å². The van der Waals surface area contributed by atoms with Gasteiger partial charge < -0.3 is 5.11 Å². The number of hydrogen-bond donors (Lipinski definition) is 1. The first kappa shape index (κ1) is 12.2. The molecule has 1 aromatic carbocycles. The van der Waals surface area contributed by atoms with E-state index in [1.165, 1.54) is 44.3 Å². The van der Waals surface area contributed by atoms with Gasteiger partial charge in [-0.3, -0.25) is 4.90 Å². The molecule has 0 amide bonds. The van der Waals surface area contributed by atoms with Crippen molar-refractivity contribution in [3.8, 4) is 0 Å². The molecular weight excluding hydrogens is 222 g/mol. The van der Waals surface area contributed by atoms with E-state index in [2.05, 4.69) is 35.2 Å². The molecular formula is C16H23NO. The van der Waals surface area contributed by atoms with Crippen LogP contribution in [0.4, 0.5) is 0 Å². The Hall–Kier alpha value is -0.860. The highest BCUT2D eigenvalue weighted by atomic mass is 16.3. The fourth-order valence-electron chi connectivity index (χ4n) is 3.86. The van der Waals surface area contributed by atoms with Crippen molar-refractivity contribution < 1.29 is 5.11 Å². The van der Waals surface area contributed by atoms with Crippen LogP contribution < -0.4 is 0 Å². The molecule has 1 saturated heterocycles. The van der Waals surface area contributed by atoms with E-state index in [-0.39, 0.29) is 0 Å². The van der Waals surface area contributed by atoms with Crippen LogP contribution in [0.5, 0.6) is 0 Å². The molecule has 1 heterocycles. The van der Waals surface area contributed by atoms with E-state index in [1.54, 1.807) is 0 Å². The number of likely N-dealkylation sites (tertiary alicyclic amines) is 1. The van der Waals surface area contributed by atoms with Gasteiger partial charge in [0.25, 0.3) is 0 Å². The average Bonchev–Trinajstić information content (AvgIpc) is 2.99. The molecule has 1 aromatic rings. The van der Waals surface area contributed by atoms with E-state index in [0.29, 0.717) is 17.9 Å². The smallest absolute Gasteiger partial charge is 0.0459 e. The lowest BCUT2D eigenvalue weighted by Gasteiger charge is -2.24. The molecule has 1 aliphatic heterocycles. The normalized spacial score (nSPS) is 32.4. The van der Waals surface area contributed by atoms with E-state index in [0.717, 1.165) is 6.54 Å². The monoisotopic (exact) mass is 245 g/mol. The van der Waals surface area contributed by atoms with E-state index in [9.17, 15) is 5.11 Å². The molecule has 0 aromatic heterocycles. The molecule has 2 fully saturated rings. The maximum absolute atomic E-state index is 9.30. The molecule has 18 heavy (non-hydrogen) atoms. The average molecular weight is 245 g/mol. The van der Waals surface area contributed by atoms with Crippen LogP contribution in [0.2, 0.25) is 0 Å². The maximum Gasteiger partial charge on any atom is 0.0459 e. The van der Waals surface area contributed by atoms with E-state index in [1.807, 2.05) is 0 Å². The number of aliphatic hydroxyl groups is 1. The van der Waals surface area contributed by atoms with Crippen LogP contribution in [0.1, 0.15) is 31.2 Å². The number of aliphatic hydroxyl groups excluding tert-OH is 1. The second-order valence-corrected chi connectivity index (χ2v) is 6.24. The lowest BCUT2D eigenvalue weighted by molar-refractivity contribution is 0.203. The molecule has 2 nitrogen and oxygen atoms in total. The Kier molecular flexibility index (Phi) is 3.40. The van der Waals surface area contributed by atoms with Gasteiger partial charge in [0.1, 0.15) is 0 Å². The Morgan fingerprint density at radius 1 is 1.22 bits per heavy atom. The molecule has 1 aliphatic carbocycles. The molecule has 1 spiro atoms.